The van der Waals surface area contributed by atoms with E-state index >= 15 is 0 Å². The third-order valence-electron chi connectivity index (χ3n) is 2.12. The molecule has 0 radical (unpaired) electrons. The smallest absolute Gasteiger partial charge is 0.341 e. The molecule has 3 N–H and O–H groups in total. The van der Waals surface area contributed by atoms with Crippen LogP contribution in [-0.2, 0) is 4.79 Å². The first-order valence-electron chi connectivity index (χ1n) is 3.88. The fourth-order valence-corrected chi connectivity index (χ4v) is 1.35. The molecule has 0 aromatic heterocycles. The number of aliphatic hydroxyl groups excluding tert-OH is 1. The van der Waals surface area contributed by atoms with Crippen molar-refractivity contribution in [2.75, 3.05) is 13.1 Å². The monoisotopic (exact) mass is 177 g/mol. The van der Waals surface area contributed by atoms with E-state index in [1.807, 2.05) is 0 Å². The van der Waals surface area contributed by atoms with Gasteiger partial charge in [-0.2, -0.15) is 0 Å². The summed E-state index contributed by atoms with van der Waals surface area (Å²) in [6.45, 7) is 1.21. The van der Waals surface area contributed by atoms with Gasteiger partial charge in [-0.1, -0.05) is 0 Å². The number of hydrogen-bond acceptors (Lipinski definition) is 3. The van der Waals surface area contributed by atoms with Gasteiger partial charge in [-0.15, -0.1) is 0 Å². The first-order valence-corrected chi connectivity index (χ1v) is 3.88. The van der Waals surface area contributed by atoms with Crippen molar-refractivity contribution in [3.63, 3.8) is 0 Å². The Hall–Kier alpha value is -0.680. The van der Waals surface area contributed by atoms with Crippen LogP contribution in [0.25, 0.3) is 0 Å². The normalized spacial score (nSPS) is 28.3. The van der Waals surface area contributed by atoms with Crippen LogP contribution in [-0.4, -0.2) is 41.5 Å². The van der Waals surface area contributed by atoms with Gasteiger partial charge in [0.25, 0.3) is 0 Å². The van der Waals surface area contributed by atoms with Crippen molar-refractivity contribution >= 4 is 5.97 Å². The van der Waals surface area contributed by atoms with E-state index in [2.05, 4.69) is 5.32 Å². The summed E-state index contributed by atoms with van der Waals surface area (Å²) in [5.41, 5.74) is 0. The van der Waals surface area contributed by atoms with Gasteiger partial charge in [0.2, 0.25) is 6.17 Å². The maximum Gasteiger partial charge on any atom is 0.341 e. The quantitative estimate of drug-likeness (QED) is 0.537. The predicted octanol–water partition coefficient (Wildman–Crippen LogP) is -0.621. The van der Waals surface area contributed by atoms with Crippen LogP contribution in [0.5, 0.6) is 0 Å². The number of carbonyl (C=O) groups is 1. The van der Waals surface area contributed by atoms with Crippen molar-refractivity contribution in [1.82, 2.24) is 5.32 Å². The number of nitrogens with one attached hydrogen (secondary N) is 1. The van der Waals surface area contributed by atoms with E-state index < -0.39 is 18.2 Å². The number of aliphatic hydroxyl groups is 1. The van der Waals surface area contributed by atoms with Crippen LogP contribution in [0.2, 0.25) is 0 Å². The lowest BCUT2D eigenvalue weighted by Gasteiger charge is -2.17. The van der Waals surface area contributed by atoms with Crippen molar-refractivity contribution in [3.8, 4) is 0 Å². The largest absolute Gasteiger partial charge is 0.479 e. The minimum absolute atomic E-state index is 0.268. The molecule has 0 spiro atoms. The summed E-state index contributed by atoms with van der Waals surface area (Å²) >= 11 is 0. The van der Waals surface area contributed by atoms with Crippen molar-refractivity contribution in [2.24, 2.45) is 5.92 Å². The number of carboxylic acid groups (broad SMARTS) is 1. The van der Waals surface area contributed by atoms with Crippen LogP contribution in [0.15, 0.2) is 0 Å². The van der Waals surface area contributed by atoms with Gasteiger partial charge in [0.15, 0.2) is 0 Å². The van der Waals surface area contributed by atoms with Gasteiger partial charge in [-0.25, -0.2) is 9.18 Å². The Bertz CT molecular complexity index is 170. The number of rotatable bonds is 3. The van der Waals surface area contributed by atoms with E-state index in [1.165, 1.54) is 0 Å². The standard InChI is InChI=1S/C7H12FNO3/c8-5(7(11)12)6(10)4-1-2-9-3-4/h4-6,9-10H,1-3H2,(H,11,12). The summed E-state index contributed by atoms with van der Waals surface area (Å²) in [7, 11) is 0. The molecule has 12 heavy (non-hydrogen) atoms. The number of alkyl halides is 1. The minimum atomic E-state index is -2.16. The van der Waals surface area contributed by atoms with Crippen molar-refractivity contribution < 1.29 is 19.4 Å². The molecule has 1 heterocycles. The molecule has 1 fully saturated rings. The van der Waals surface area contributed by atoms with Gasteiger partial charge in [0.1, 0.15) is 6.10 Å². The Balaban J connectivity index is 2.44. The van der Waals surface area contributed by atoms with E-state index in [1.54, 1.807) is 0 Å². The molecule has 4 nitrogen and oxygen atoms in total. The lowest BCUT2D eigenvalue weighted by atomic mass is 9.98. The number of carboxylic acids is 1. The number of halogens is 1. The fraction of sp³-hybridized carbons (Fsp3) is 0.857. The minimum Gasteiger partial charge on any atom is -0.479 e. The highest BCUT2D eigenvalue weighted by molar-refractivity contribution is 5.72. The van der Waals surface area contributed by atoms with E-state index in [-0.39, 0.29) is 5.92 Å². The average Bonchev–Trinajstić information content (AvgIpc) is 2.53. The zero-order valence-corrected chi connectivity index (χ0v) is 6.53. The van der Waals surface area contributed by atoms with Crippen LogP contribution in [0.4, 0.5) is 4.39 Å². The predicted molar refractivity (Wildman–Crippen MR) is 39.5 cm³/mol. The van der Waals surface area contributed by atoms with Gasteiger partial charge in [0.05, 0.1) is 0 Å². The van der Waals surface area contributed by atoms with Gasteiger partial charge in [0, 0.05) is 12.5 Å². The lowest BCUT2D eigenvalue weighted by Crippen LogP contribution is -2.37. The van der Waals surface area contributed by atoms with Gasteiger partial charge < -0.3 is 15.5 Å². The van der Waals surface area contributed by atoms with Crippen LogP contribution in [0.1, 0.15) is 6.42 Å². The fourth-order valence-electron chi connectivity index (χ4n) is 1.35. The zero-order valence-electron chi connectivity index (χ0n) is 6.53. The Kier molecular flexibility index (Phi) is 2.99. The van der Waals surface area contributed by atoms with E-state index in [4.69, 9.17) is 5.11 Å². The molecule has 0 aliphatic carbocycles. The van der Waals surface area contributed by atoms with Crippen LogP contribution in [0, 0.1) is 5.92 Å². The molecular formula is C7H12FNO3. The Morgan fingerprint density at radius 2 is 2.33 bits per heavy atom. The molecule has 1 rings (SSSR count). The third-order valence-corrected chi connectivity index (χ3v) is 2.12. The maximum absolute atomic E-state index is 12.7. The lowest BCUT2D eigenvalue weighted by molar-refractivity contribution is -0.148. The van der Waals surface area contributed by atoms with Crippen LogP contribution < -0.4 is 5.32 Å². The second-order valence-corrected chi connectivity index (χ2v) is 2.98. The summed E-state index contributed by atoms with van der Waals surface area (Å²) < 4.78 is 12.7. The average molecular weight is 177 g/mol. The van der Waals surface area contributed by atoms with E-state index in [9.17, 15) is 14.3 Å². The van der Waals surface area contributed by atoms with E-state index in [0.717, 1.165) is 0 Å². The van der Waals surface area contributed by atoms with Crippen molar-refractivity contribution in [1.29, 1.82) is 0 Å². The second kappa shape index (κ2) is 3.82. The molecule has 0 bridgehead atoms. The molecule has 70 valence electrons. The highest BCUT2D eigenvalue weighted by Crippen LogP contribution is 2.17. The zero-order chi connectivity index (χ0) is 9.14. The summed E-state index contributed by atoms with van der Waals surface area (Å²) in [4.78, 5) is 10.1. The molecule has 5 heteroatoms. The number of aliphatic carboxylic acids is 1. The first-order chi connectivity index (χ1) is 5.63. The molecule has 0 aromatic carbocycles. The molecule has 1 aliphatic rings. The Morgan fingerprint density at radius 3 is 2.75 bits per heavy atom. The highest BCUT2D eigenvalue weighted by Gasteiger charge is 2.34. The molecule has 3 unspecified atom stereocenters. The van der Waals surface area contributed by atoms with Crippen molar-refractivity contribution in [2.45, 2.75) is 18.7 Å². The van der Waals surface area contributed by atoms with Crippen LogP contribution >= 0.6 is 0 Å². The highest BCUT2D eigenvalue weighted by atomic mass is 19.1. The van der Waals surface area contributed by atoms with Gasteiger partial charge >= 0.3 is 5.97 Å². The number of hydrogen-bond donors (Lipinski definition) is 3. The Labute approximate surface area is 69.4 Å². The molecule has 0 saturated carbocycles. The van der Waals surface area contributed by atoms with Crippen molar-refractivity contribution in [3.05, 3.63) is 0 Å². The molecular weight excluding hydrogens is 165 g/mol. The molecule has 1 saturated heterocycles. The van der Waals surface area contributed by atoms with Crippen LogP contribution in [0.3, 0.4) is 0 Å². The molecule has 0 amide bonds. The summed E-state index contributed by atoms with van der Waals surface area (Å²) in [6.07, 6.45) is -2.90. The molecule has 0 aromatic rings. The van der Waals surface area contributed by atoms with Gasteiger partial charge in [-0.05, 0) is 13.0 Å². The Morgan fingerprint density at radius 1 is 1.67 bits per heavy atom. The van der Waals surface area contributed by atoms with E-state index in [0.29, 0.717) is 19.5 Å². The third kappa shape index (κ3) is 1.92. The second-order valence-electron chi connectivity index (χ2n) is 2.98. The summed E-state index contributed by atoms with van der Waals surface area (Å²) in [6, 6.07) is 0. The SMILES string of the molecule is O=C(O)C(F)C(O)C1CCNC1. The summed E-state index contributed by atoms with van der Waals surface area (Å²) in [5.74, 6) is -1.86. The first kappa shape index (κ1) is 9.41. The topological polar surface area (TPSA) is 69.6 Å². The summed E-state index contributed by atoms with van der Waals surface area (Å²) in [5, 5.41) is 20.4. The van der Waals surface area contributed by atoms with Gasteiger partial charge in [-0.3, -0.25) is 0 Å². The maximum atomic E-state index is 12.7. The molecule has 3 atom stereocenters. The molecule has 1 aliphatic heterocycles.